The molecule has 7 heteroatoms. The molecule has 6 nitrogen and oxygen atoms in total. The molecule has 0 radical (unpaired) electrons. The topological polar surface area (TPSA) is 88.5 Å². The van der Waals surface area contributed by atoms with Gasteiger partial charge in [0.05, 0.1) is 11.6 Å². The summed E-state index contributed by atoms with van der Waals surface area (Å²) in [7, 11) is 0. The Hall–Kier alpha value is -1.47. The van der Waals surface area contributed by atoms with Gasteiger partial charge in [-0.2, -0.15) is 0 Å². The van der Waals surface area contributed by atoms with Gasteiger partial charge < -0.3 is 15.2 Å². The van der Waals surface area contributed by atoms with E-state index >= 15 is 0 Å². The summed E-state index contributed by atoms with van der Waals surface area (Å²) in [5, 5.41) is 13.8. The van der Waals surface area contributed by atoms with Gasteiger partial charge in [0.1, 0.15) is 11.2 Å². The van der Waals surface area contributed by atoms with E-state index in [1.807, 2.05) is 6.92 Å². The highest BCUT2D eigenvalue weighted by atomic mass is 32.1. The molecule has 1 aromatic rings. The first-order valence-electron chi connectivity index (χ1n) is 6.41. The van der Waals surface area contributed by atoms with Crippen molar-refractivity contribution in [3.05, 3.63) is 16.6 Å². The first kappa shape index (κ1) is 14.9. The molecule has 0 saturated heterocycles. The van der Waals surface area contributed by atoms with E-state index in [1.165, 1.54) is 16.8 Å². The minimum Gasteiger partial charge on any atom is -0.479 e. The van der Waals surface area contributed by atoms with Gasteiger partial charge in [0.25, 0.3) is 5.91 Å². The Morgan fingerprint density at radius 1 is 1.60 bits per heavy atom. The fraction of sp³-hybridized carbons (Fsp3) is 0.615. The van der Waals surface area contributed by atoms with Gasteiger partial charge in [-0.3, -0.25) is 4.79 Å². The molecule has 1 saturated carbocycles. The molecule has 2 N–H and O–H groups in total. The van der Waals surface area contributed by atoms with Crippen LogP contribution >= 0.6 is 11.3 Å². The van der Waals surface area contributed by atoms with Crippen molar-refractivity contribution < 1.29 is 19.4 Å². The van der Waals surface area contributed by atoms with Crippen LogP contribution < -0.4 is 5.32 Å². The first-order valence-corrected chi connectivity index (χ1v) is 7.35. The fourth-order valence-electron chi connectivity index (χ4n) is 2.62. The molecule has 1 aromatic heterocycles. The largest absolute Gasteiger partial charge is 0.479 e. The number of hydrogen-bond donors (Lipinski definition) is 2. The minimum absolute atomic E-state index is 0.181. The number of ether oxygens (including phenoxy) is 1. The number of rotatable bonds is 5. The van der Waals surface area contributed by atoms with Crippen LogP contribution in [0.3, 0.4) is 0 Å². The third-order valence-corrected chi connectivity index (χ3v) is 4.71. The van der Waals surface area contributed by atoms with Crippen molar-refractivity contribution in [3.8, 4) is 0 Å². The molecule has 20 heavy (non-hydrogen) atoms. The van der Waals surface area contributed by atoms with E-state index in [2.05, 4.69) is 10.3 Å². The Labute approximate surface area is 121 Å². The van der Waals surface area contributed by atoms with Crippen LogP contribution in [0, 0.1) is 5.41 Å². The van der Waals surface area contributed by atoms with E-state index in [4.69, 9.17) is 4.74 Å². The number of carbonyl (C=O) groups is 2. The number of thiazole rings is 1. The van der Waals surface area contributed by atoms with Gasteiger partial charge in [-0.15, -0.1) is 11.3 Å². The molecule has 2 atom stereocenters. The number of carboxylic acid groups (broad SMARTS) is 1. The fourth-order valence-corrected chi connectivity index (χ4v) is 3.15. The second-order valence-electron chi connectivity index (χ2n) is 5.41. The lowest BCUT2D eigenvalue weighted by molar-refractivity contribution is -0.190. The SMILES string of the molecule is CCOC1CC(NC(=O)c2cscn2)(C(=O)O)C1(C)C. The highest BCUT2D eigenvalue weighted by Gasteiger charge is 2.66. The second kappa shape index (κ2) is 5.14. The van der Waals surface area contributed by atoms with Crippen LogP contribution in [0.25, 0.3) is 0 Å². The van der Waals surface area contributed by atoms with E-state index in [0.29, 0.717) is 6.61 Å². The van der Waals surface area contributed by atoms with Crippen LogP contribution in [0.2, 0.25) is 0 Å². The van der Waals surface area contributed by atoms with Gasteiger partial charge in [0.2, 0.25) is 0 Å². The van der Waals surface area contributed by atoms with Gasteiger partial charge in [0, 0.05) is 23.8 Å². The lowest BCUT2D eigenvalue weighted by Gasteiger charge is -2.58. The molecule has 110 valence electrons. The lowest BCUT2D eigenvalue weighted by atomic mass is 9.54. The maximum atomic E-state index is 12.1. The Morgan fingerprint density at radius 3 is 2.75 bits per heavy atom. The van der Waals surface area contributed by atoms with Crippen molar-refractivity contribution in [3.63, 3.8) is 0 Å². The van der Waals surface area contributed by atoms with E-state index in [0.717, 1.165) is 0 Å². The Balaban J connectivity index is 2.21. The van der Waals surface area contributed by atoms with Crippen LogP contribution in [0.1, 0.15) is 37.7 Å². The Bertz CT molecular complexity index is 514. The van der Waals surface area contributed by atoms with Gasteiger partial charge in [0.15, 0.2) is 0 Å². The van der Waals surface area contributed by atoms with Crippen LogP contribution in [-0.4, -0.2) is 40.2 Å². The van der Waals surface area contributed by atoms with Gasteiger partial charge in [-0.1, -0.05) is 13.8 Å². The quantitative estimate of drug-likeness (QED) is 0.860. The molecule has 0 aromatic carbocycles. The predicted molar refractivity (Wildman–Crippen MR) is 73.8 cm³/mol. The molecule has 2 rings (SSSR count). The monoisotopic (exact) mass is 298 g/mol. The molecule has 1 aliphatic rings. The second-order valence-corrected chi connectivity index (χ2v) is 6.13. The number of aromatic nitrogens is 1. The summed E-state index contributed by atoms with van der Waals surface area (Å²) in [4.78, 5) is 27.7. The van der Waals surface area contributed by atoms with Crippen molar-refractivity contribution in [2.24, 2.45) is 5.41 Å². The summed E-state index contributed by atoms with van der Waals surface area (Å²) >= 11 is 1.29. The number of aliphatic carboxylic acids is 1. The first-order chi connectivity index (χ1) is 9.35. The van der Waals surface area contributed by atoms with Crippen LogP contribution in [-0.2, 0) is 9.53 Å². The summed E-state index contributed by atoms with van der Waals surface area (Å²) in [5.74, 6) is -1.50. The zero-order chi connectivity index (χ0) is 15.0. The van der Waals surface area contributed by atoms with E-state index < -0.39 is 22.8 Å². The zero-order valence-corrected chi connectivity index (χ0v) is 12.5. The van der Waals surface area contributed by atoms with Crippen LogP contribution in [0.4, 0.5) is 0 Å². The van der Waals surface area contributed by atoms with Gasteiger partial charge in [-0.05, 0) is 6.92 Å². The third kappa shape index (κ3) is 2.10. The highest BCUT2D eigenvalue weighted by Crippen LogP contribution is 2.51. The van der Waals surface area contributed by atoms with Gasteiger partial charge in [-0.25, -0.2) is 9.78 Å². The normalized spacial score (nSPS) is 27.6. The standard InChI is InChI=1S/C13H18N2O4S/c1-4-19-9-5-13(11(17)18,12(9,2)3)15-10(16)8-6-20-7-14-8/h6-7,9H,4-5H2,1-3H3,(H,15,16)(H,17,18). The van der Waals surface area contributed by atoms with Crippen molar-refractivity contribution in [1.82, 2.24) is 10.3 Å². The van der Waals surface area contributed by atoms with E-state index in [-0.39, 0.29) is 18.2 Å². The number of amides is 1. The molecule has 0 aliphatic heterocycles. The summed E-state index contributed by atoms with van der Waals surface area (Å²) in [6.45, 7) is 5.98. The number of nitrogens with zero attached hydrogens (tertiary/aromatic N) is 1. The van der Waals surface area contributed by atoms with Crippen LogP contribution in [0.5, 0.6) is 0 Å². The van der Waals surface area contributed by atoms with Crippen molar-refractivity contribution in [1.29, 1.82) is 0 Å². The summed E-state index contributed by atoms with van der Waals surface area (Å²) in [5.41, 5.74) is -0.211. The van der Waals surface area contributed by atoms with E-state index in [9.17, 15) is 14.7 Å². The van der Waals surface area contributed by atoms with Crippen molar-refractivity contribution in [2.75, 3.05) is 6.61 Å². The maximum Gasteiger partial charge on any atom is 0.330 e. The highest BCUT2D eigenvalue weighted by molar-refractivity contribution is 7.07. The molecule has 0 bridgehead atoms. The summed E-state index contributed by atoms with van der Waals surface area (Å²) < 4.78 is 5.54. The molecular formula is C13H18N2O4S. The van der Waals surface area contributed by atoms with Crippen molar-refractivity contribution >= 4 is 23.2 Å². The predicted octanol–water partition coefficient (Wildman–Crippen LogP) is 1.53. The van der Waals surface area contributed by atoms with E-state index in [1.54, 1.807) is 19.2 Å². The number of nitrogens with one attached hydrogen (secondary N) is 1. The summed E-state index contributed by atoms with van der Waals surface area (Å²) in [6, 6.07) is 0. The molecule has 1 aliphatic carbocycles. The average molecular weight is 298 g/mol. The van der Waals surface area contributed by atoms with Gasteiger partial charge >= 0.3 is 5.97 Å². The molecule has 0 spiro atoms. The Kier molecular flexibility index (Phi) is 3.84. The minimum atomic E-state index is -1.31. The molecular weight excluding hydrogens is 280 g/mol. The van der Waals surface area contributed by atoms with Crippen molar-refractivity contribution in [2.45, 2.75) is 38.8 Å². The lowest BCUT2D eigenvalue weighted by Crippen LogP contribution is -2.76. The number of carbonyl (C=O) groups excluding carboxylic acids is 1. The zero-order valence-electron chi connectivity index (χ0n) is 11.7. The number of carboxylic acids is 1. The molecule has 2 unspecified atom stereocenters. The molecule has 1 fully saturated rings. The smallest absolute Gasteiger partial charge is 0.330 e. The molecule has 1 amide bonds. The van der Waals surface area contributed by atoms with Crippen LogP contribution in [0.15, 0.2) is 10.9 Å². The number of hydrogen-bond acceptors (Lipinski definition) is 5. The average Bonchev–Trinajstić information content (AvgIpc) is 2.90. The third-order valence-electron chi connectivity index (χ3n) is 4.12. The molecule has 1 heterocycles. The maximum absolute atomic E-state index is 12.1. The Morgan fingerprint density at radius 2 is 2.30 bits per heavy atom. The summed E-state index contributed by atoms with van der Waals surface area (Å²) in [6.07, 6.45) is 0.0818.